The number of thioether (sulfide) groups is 1. The molecule has 0 radical (unpaired) electrons. The van der Waals surface area contributed by atoms with Crippen molar-refractivity contribution in [2.75, 3.05) is 45.6 Å². The van der Waals surface area contributed by atoms with Crippen molar-refractivity contribution in [3.63, 3.8) is 0 Å². The van der Waals surface area contributed by atoms with Crippen LogP contribution < -0.4 is 5.32 Å². The Kier molecular flexibility index (Phi) is 10.7. The predicted octanol–water partition coefficient (Wildman–Crippen LogP) is 3.33. The SMILES string of the molecule is CCNC(=NCCOC)N1CCC(CSc2ccccc2)C1.I. The third kappa shape index (κ3) is 7.30. The van der Waals surface area contributed by atoms with Crippen molar-refractivity contribution in [2.24, 2.45) is 10.9 Å². The summed E-state index contributed by atoms with van der Waals surface area (Å²) in [4.78, 5) is 8.38. The second kappa shape index (κ2) is 12.0. The molecule has 4 nitrogen and oxygen atoms in total. The lowest BCUT2D eigenvalue weighted by Gasteiger charge is -2.21. The van der Waals surface area contributed by atoms with Gasteiger partial charge in [0, 0.05) is 37.4 Å². The highest BCUT2D eigenvalue weighted by molar-refractivity contribution is 14.0. The van der Waals surface area contributed by atoms with Crippen molar-refractivity contribution in [1.82, 2.24) is 10.2 Å². The molecule has 0 saturated carbocycles. The zero-order chi connectivity index (χ0) is 15.6. The molecule has 0 amide bonds. The highest BCUT2D eigenvalue weighted by atomic mass is 127. The number of rotatable bonds is 7. The third-order valence-electron chi connectivity index (χ3n) is 3.71. The van der Waals surface area contributed by atoms with Gasteiger partial charge in [-0.15, -0.1) is 35.7 Å². The number of hydrogen-bond acceptors (Lipinski definition) is 3. The van der Waals surface area contributed by atoms with Crippen LogP contribution in [0.3, 0.4) is 0 Å². The number of nitrogens with one attached hydrogen (secondary N) is 1. The molecule has 0 aromatic heterocycles. The van der Waals surface area contributed by atoms with Crippen molar-refractivity contribution in [2.45, 2.75) is 18.2 Å². The number of likely N-dealkylation sites (tertiary alicyclic amines) is 1. The fourth-order valence-corrected chi connectivity index (χ4v) is 3.61. The lowest BCUT2D eigenvalue weighted by Crippen LogP contribution is -2.40. The molecule has 0 spiro atoms. The Bertz CT molecular complexity index is 458. The molecule has 0 bridgehead atoms. The molecular formula is C17H28IN3OS. The van der Waals surface area contributed by atoms with Crippen LogP contribution in [-0.4, -0.2) is 56.5 Å². The Morgan fingerprint density at radius 1 is 1.39 bits per heavy atom. The van der Waals surface area contributed by atoms with Gasteiger partial charge in [0.05, 0.1) is 13.2 Å². The largest absolute Gasteiger partial charge is 0.383 e. The topological polar surface area (TPSA) is 36.9 Å². The third-order valence-corrected chi connectivity index (χ3v) is 4.95. The number of benzene rings is 1. The van der Waals surface area contributed by atoms with Crippen molar-refractivity contribution in [3.05, 3.63) is 30.3 Å². The first-order valence-corrected chi connectivity index (χ1v) is 9.02. The van der Waals surface area contributed by atoms with E-state index >= 15 is 0 Å². The van der Waals surface area contributed by atoms with E-state index in [1.807, 2.05) is 11.8 Å². The zero-order valence-electron chi connectivity index (χ0n) is 14.0. The Labute approximate surface area is 161 Å². The van der Waals surface area contributed by atoms with Gasteiger partial charge in [-0.2, -0.15) is 0 Å². The van der Waals surface area contributed by atoms with Crippen molar-refractivity contribution in [1.29, 1.82) is 0 Å². The summed E-state index contributed by atoms with van der Waals surface area (Å²) in [6.07, 6.45) is 1.24. The summed E-state index contributed by atoms with van der Waals surface area (Å²) in [5, 5.41) is 3.39. The zero-order valence-corrected chi connectivity index (χ0v) is 17.2. The molecule has 1 fully saturated rings. The van der Waals surface area contributed by atoms with Gasteiger partial charge < -0.3 is 15.0 Å². The first kappa shape index (κ1) is 20.6. The van der Waals surface area contributed by atoms with Gasteiger partial charge in [0.2, 0.25) is 0 Å². The average Bonchev–Trinajstić information content (AvgIpc) is 3.02. The maximum atomic E-state index is 5.08. The van der Waals surface area contributed by atoms with Gasteiger partial charge in [0.25, 0.3) is 0 Å². The van der Waals surface area contributed by atoms with Crippen LogP contribution in [0, 0.1) is 5.92 Å². The summed E-state index contributed by atoms with van der Waals surface area (Å²) in [7, 11) is 1.72. The smallest absolute Gasteiger partial charge is 0.194 e. The van der Waals surface area contributed by atoms with Gasteiger partial charge in [0.1, 0.15) is 0 Å². The van der Waals surface area contributed by atoms with Gasteiger partial charge >= 0.3 is 0 Å². The number of ether oxygens (including phenoxy) is 1. The van der Waals surface area contributed by atoms with E-state index in [2.05, 4.69) is 52.5 Å². The van der Waals surface area contributed by atoms with E-state index in [1.54, 1.807) is 7.11 Å². The number of halogens is 1. The van der Waals surface area contributed by atoms with E-state index in [0.29, 0.717) is 6.61 Å². The molecule has 0 aliphatic carbocycles. The summed E-state index contributed by atoms with van der Waals surface area (Å²) in [6.45, 7) is 6.61. The minimum absolute atomic E-state index is 0. The summed E-state index contributed by atoms with van der Waals surface area (Å²) in [5.74, 6) is 2.95. The molecule has 1 aromatic carbocycles. The Morgan fingerprint density at radius 3 is 2.87 bits per heavy atom. The highest BCUT2D eigenvalue weighted by Gasteiger charge is 2.24. The molecule has 2 rings (SSSR count). The molecular weight excluding hydrogens is 421 g/mol. The van der Waals surface area contributed by atoms with Crippen LogP contribution in [-0.2, 0) is 4.74 Å². The number of hydrogen-bond donors (Lipinski definition) is 1. The maximum Gasteiger partial charge on any atom is 0.194 e. The highest BCUT2D eigenvalue weighted by Crippen LogP contribution is 2.25. The molecule has 1 unspecified atom stereocenters. The quantitative estimate of drug-likeness (QED) is 0.228. The van der Waals surface area contributed by atoms with Gasteiger partial charge in [-0.05, 0) is 31.4 Å². The standard InChI is InChI=1S/C17H27N3OS.HI/c1-3-18-17(19-10-12-21-2)20-11-9-15(13-20)14-22-16-7-5-4-6-8-16;/h4-8,15H,3,9-14H2,1-2H3,(H,18,19);1H. The molecule has 1 aliphatic rings. The van der Waals surface area contributed by atoms with Gasteiger partial charge in [-0.1, -0.05) is 18.2 Å². The molecule has 1 atom stereocenters. The molecule has 130 valence electrons. The Balaban J connectivity index is 0.00000264. The second-order valence-electron chi connectivity index (χ2n) is 5.45. The number of aliphatic imine (C=N–C) groups is 1. The summed E-state index contributed by atoms with van der Waals surface area (Å²) < 4.78 is 5.08. The van der Waals surface area contributed by atoms with E-state index in [0.717, 1.165) is 38.1 Å². The normalized spacial score (nSPS) is 17.9. The van der Waals surface area contributed by atoms with Crippen LogP contribution in [0.25, 0.3) is 0 Å². The molecule has 1 aromatic rings. The molecule has 1 N–H and O–H groups in total. The van der Waals surface area contributed by atoms with Crippen LogP contribution in [0.2, 0.25) is 0 Å². The van der Waals surface area contributed by atoms with E-state index in [1.165, 1.54) is 17.1 Å². The first-order chi connectivity index (χ1) is 10.8. The van der Waals surface area contributed by atoms with Crippen LogP contribution in [0.4, 0.5) is 0 Å². The fourth-order valence-electron chi connectivity index (χ4n) is 2.56. The van der Waals surface area contributed by atoms with E-state index < -0.39 is 0 Å². The van der Waals surface area contributed by atoms with E-state index in [-0.39, 0.29) is 24.0 Å². The molecule has 23 heavy (non-hydrogen) atoms. The molecule has 1 aliphatic heterocycles. The van der Waals surface area contributed by atoms with Crippen molar-refractivity contribution < 1.29 is 4.74 Å². The van der Waals surface area contributed by atoms with Crippen LogP contribution in [0.1, 0.15) is 13.3 Å². The predicted molar refractivity (Wildman–Crippen MR) is 110 cm³/mol. The second-order valence-corrected chi connectivity index (χ2v) is 6.55. The fraction of sp³-hybridized carbons (Fsp3) is 0.588. The minimum Gasteiger partial charge on any atom is -0.383 e. The van der Waals surface area contributed by atoms with E-state index in [9.17, 15) is 0 Å². The van der Waals surface area contributed by atoms with Gasteiger partial charge in [-0.25, -0.2) is 0 Å². The van der Waals surface area contributed by atoms with Gasteiger partial charge in [0.15, 0.2) is 5.96 Å². The lowest BCUT2D eigenvalue weighted by atomic mass is 10.2. The monoisotopic (exact) mass is 449 g/mol. The Morgan fingerprint density at radius 2 is 2.17 bits per heavy atom. The molecule has 6 heteroatoms. The lowest BCUT2D eigenvalue weighted by molar-refractivity contribution is 0.207. The van der Waals surface area contributed by atoms with E-state index in [4.69, 9.17) is 4.74 Å². The molecule has 1 saturated heterocycles. The van der Waals surface area contributed by atoms with Crippen LogP contribution in [0.15, 0.2) is 40.2 Å². The number of nitrogens with zero attached hydrogens (tertiary/aromatic N) is 2. The van der Waals surface area contributed by atoms with Crippen molar-refractivity contribution >= 4 is 41.7 Å². The maximum absolute atomic E-state index is 5.08. The Hall–Kier alpha value is -0.470. The number of methoxy groups -OCH3 is 1. The first-order valence-electron chi connectivity index (χ1n) is 8.03. The molecule has 1 heterocycles. The van der Waals surface area contributed by atoms with Crippen LogP contribution in [0.5, 0.6) is 0 Å². The van der Waals surface area contributed by atoms with Crippen molar-refractivity contribution in [3.8, 4) is 0 Å². The van der Waals surface area contributed by atoms with Crippen LogP contribution >= 0.6 is 35.7 Å². The number of guanidine groups is 1. The summed E-state index contributed by atoms with van der Waals surface area (Å²) in [6, 6.07) is 10.7. The summed E-state index contributed by atoms with van der Waals surface area (Å²) in [5.41, 5.74) is 0. The minimum atomic E-state index is 0. The summed E-state index contributed by atoms with van der Waals surface area (Å²) >= 11 is 1.96. The average molecular weight is 449 g/mol. The van der Waals surface area contributed by atoms with Gasteiger partial charge in [-0.3, -0.25) is 4.99 Å².